The summed E-state index contributed by atoms with van der Waals surface area (Å²) in [5.41, 5.74) is 3.89. The van der Waals surface area contributed by atoms with Gasteiger partial charge in [0.25, 0.3) is 0 Å². The Morgan fingerprint density at radius 3 is 2.45 bits per heavy atom. The van der Waals surface area contributed by atoms with E-state index in [-0.39, 0.29) is 5.91 Å². The second-order valence-corrected chi connectivity index (χ2v) is 8.49. The Balaban J connectivity index is 1.76. The predicted octanol–water partition coefficient (Wildman–Crippen LogP) is 4.36. The topological polar surface area (TPSA) is 32.8 Å². The van der Waals surface area contributed by atoms with Crippen molar-refractivity contribution in [3.63, 3.8) is 0 Å². The van der Waals surface area contributed by atoms with Gasteiger partial charge in [0.2, 0.25) is 5.91 Å². The lowest BCUT2D eigenvalue weighted by Gasteiger charge is -2.27. The third-order valence-electron chi connectivity index (χ3n) is 5.81. The molecule has 0 bridgehead atoms. The smallest absolute Gasteiger partial charge is 0.219 e. The second-order valence-electron chi connectivity index (χ2n) is 8.06. The average molecular weight is 415 g/mol. The molecule has 4 nitrogen and oxygen atoms in total. The standard InChI is InChI=1S/C24H31ClN2O2/c1-18-4-8-21(9-5-18)24-17-26(14-20-6-10-23(25)11-7-20)15-22(24)16-27(19(2)28)12-13-29-3/h4-11,22,24H,12-17H2,1-3H3. The Hall–Kier alpha value is -1.88. The van der Waals surface area contributed by atoms with E-state index in [0.717, 1.165) is 31.2 Å². The Kier molecular flexibility index (Phi) is 7.70. The van der Waals surface area contributed by atoms with Crippen molar-refractivity contribution in [3.05, 3.63) is 70.2 Å². The second kappa shape index (κ2) is 10.2. The van der Waals surface area contributed by atoms with E-state index >= 15 is 0 Å². The molecule has 29 heavy (non-hydrogen) atoms. The third-order valence-corrected chi connectivity index (χ3v) is 6.06. The van der Waals surface area contributed by atoms with Crippen molar-refractivity contribution in [2.75, 3.05) is 39.9 Å². The number of amides is 1. The number of methoxy groups -OCH3 is 1. The summed E-state index contributed by atoms with van der Waals surface area (Å²) in [7, 11) is 1.68. The molecule has 5 heteroatoms. The third kappa shape index (κ3) is 6.05. The van der Waals surface area contributed by atoms with Crippen LogP contribution in [0.5, 0.6) is 0 Å². The first kappa shape index (κ1) is 21.8. The van der Waals surface area contributed by atoms with Crippen LogP contribution in [0.3, 0.4) is 0 Å². The molecule has 156 valence electrons. The first-order chi connectivity index (χ1) is 14.0. The van der Waals surface area contributed by atoms with E-state index in [2.05, 4.69) is 48.2 Å². The molecule has 0 radical (unpaired) electrons. The van der Waals surface area contributed by atoms with Crippen LogP contribution in [0.1, 0.15) is 29.5 Å². The van der Waals surface area contributed by atoms with Gasteiger partial charge in [-0.15, -0.1) is 0 Å². The van der Waals surface area contributed by atoms with Gasteiger partial charge in [-0.2, -0.15) is 0 Å². The number of ether oxygens (including phenoxy) is 1. The van der Waals surface area contributed by atoms with E-state index < -0.39 is 0 Å². The van der Waals surface area contributed by atoms with Crippen molar-refractivity contribution < 1.29 is 9.53 Å². The maximum Gasteiger partial charge on any atom is 0.219 e. The van der Waals surface area contributed by atoms with Crippen LogP contribution in [0.2, 0.25) is 5.02 Å². The number of rotatable bonds is 8. The van der Waals surface area contributed by atoms with Gasteiger partial charge in [-0.3, -0.25) is 9.69 Å². The summed E-state index contributed by atoms with van der Waals surface area (Å²) >= 11 is 6.03. The van der Waals surface area contributed by atoms with Gasteiger partial charge in [0.1, 0.15) is 0 Å². The van der Waals surface area contributed by atoms with E-state index in [1.54, 1.807) is 14.0 Å². The van der Waals surface area contributed by atoms with Crippen LogP contribution in [0.15, 0.2) is 48.5 Å². The molecule has 2 unspecified atom stereocenters. The quantitative estimate of drug-likeness (QED) is 0.643. The lowest BCUT2D eigenvalue weighted by atomic mass is 9.88. The van der Waals surface area contributed by atoms with Crippen molar-refractivity contribution >= 4 is 17.5 Å². The molecule has 1 aliphatic heterocycles. The number of hydrogen-bond acceptors (Lipinski definition) is 3. The van der Waals surface area contributed by atoms with Crippen molar-refractivity contribution in [3.8, 4) is 0 Å². The van der Waals surface area contributed by atoms with Gasteiger partial charge in [0.15, 0.2) is 0 Å². The fraction of sp³-hybridized carbons (Fsp3) is 0.458. The molecule has 0 aromatic heterocycles. The molecule has 1 amide bonds. The summed E-state index contributed by atoms with van der Waals surface area (Å²) in [6, 6.07) is 16.9. The van der Waals surface area contributed by atoms with Gasteiger partial charge in [-0.25, -0.2) is 0 Å². The largest absolute Gasteiger partial charge is 0.383 e. The molecule has 1 fully saturated rings. The van der Waals surface area contributed by atoms with Crippen LogP contribution in [-0.4, -0.2) is 55.6 Å². The molecule has 0 N–H and O–H groups in total. The highest BCUT2D eigenvalue weighted by molar-refractivity contribution is 6.30. The highest BCUT2D eigenvalue weighted by Gasteiger charge is 2.35. The van der Waals surface area contributed by atoms with Gasteiger partial charge in [-0.05, 0) is 36.1 Å². The molecule has 2 atom stereocenters. The Morgan fingerprint density at radius 1 is 1.14 bits per heavy atom. The number of likely N-dealkylation sites (tertiary alicyclic amines) is 1. The van der Waals surface area contributed by atoms with E-state index in [1.807, 2.05) is 17.0 Å². The fourth-order valence-corrected chi connectivity index (χ4v) is 4.30. The number of halogens is 1. The molecular weight excluding hydrogens is 384 g/mol. The molecule has 0 spiro atoms. The first-order valence-electron chi connectivity index (χ1n) is 10.2. The zero-order chi connectivity index (χ0) is 20.8. The summed E-state index contributed by atoms with van der Waals surface area (Å²) < 4.78 is 5.21. The van der Waals surface area contributed by atoms with Crippen LogP contribution < -0.4 is 0 Å². The number of carbonyl (C=O) groups excluding carboxylic acids is 1. The summed E-state index contributed by atoms with van der Waals surface area (Å²) in [6.45, 7) is 8.59. The Labute approximate surface area is 179 Å². The van der Waals surface area contributed by atoms with Gasteiger partial charge >= 0.3 is 0 Å². The van der Waals surface area contributed by atoms with Crippen molar-refractivity contribution in [1.29, 1.82) is 0 Å². The molecule has 1 heterocycles. The normalized spacial score (nSPS) is 19.4. The van der Waals surface area contributed by atoms with Crippen LogP contribution in [-0.2, 0) is 16.1 Å². The summed E-state index contributed by atoms with van der Waals surface area (Å²) in [6.07, 6.45) is 0. The number of hydrogen-bond donors (Lipinski definition) is 0. The molecule has 2 aromatic rings. The van der Waals surface area contributed by atoms with E-state index in [1.165, 1.54) is 16.7 Å². The summed E-state index contributed by atoms with van der Waals surface area (Å²) in [4.78, 5) is 16.6. The molecule has 0 saturated carbocycles. The monoisotopic (exact) mass is 414 g/mol. The summed E-state index contributed by atoms with van der Waals surface area (Å²) in [5, 5.41) is 0.765. The molecule has 1 aliphatic rings. The van der Waals surface area contributed by atoms with E-state index in [4.69, 9.17) is 16.3 Å². The maximum atomic E-state index is 12.2. The molecule has 1 saturated heterocycles. The van der Waals surface area contributed by atoms with Crippen molar-refractivity contribution in [1.82, 2.24) is 9.80 Å². The van der Waals surface area contributed by atoms with Crippen LogP contribution >= 0.6 is 11.6 Å². The maximum absolute atomic E-state index is 12.2. The van der Waals surface area contributed by atoms with Gasteiger partial charge < -0.3 is 9.64 Å². The summed E-state index contributed by atoms with van der Waals surface area (Å²) in [5.74, 6) is 0.916. The number of nitrogens with zero attached hydrogens (tertiary/aromatic N) is 2. The SMILES string of the molecule is COCCN(CC1CN(Cc2ccc(Cl)cc2)CC1c1ccc(C)cc1)C(C)=O. The Morgan fingerprint density at radius 2 is 1.83 bits per heavy atom. The van der Waals surface area contributed by atoms with Gasteiger partial charge in [0.05, 0.1) is 6.61 Å². The number of carbonyl (C=O) groups is 1. The highest BCUT2D eigenvalue weighted by atomic mass is 35.5. The van der Waals surface area contributed by atoms with Gasteiger partial charge in [-0.1, -0.05) is 53.6 Å². The van der Waals surface area contributed by atoms with Crippen LogP contribution in [0, 0.1) is 12.8 Å². The van der Waals surface area contributed by atoms with Crippen molar-refractivity contribution in [2.24, 2.45) is 5.92 Å². The fourth-order valence-electron chi connectivity index (χ4n) is 4.18. The molecule has 2 aromatic carbocycles. The van der Waals surface area contributed by atoms with E-state index in [9.17, 15) is 4.79 Å². The minimum Gasteiger partial charge on any atom is -0.383 e. The molecule has 3 rings (SSSR count). The minimum absolute atomic E-state index is 0.112. The highest BCUT2D eigenvalue weighted by Crippen LogP contribution is 2.34. The van der Waals surface area contributed by atoms with E-state index in [0.29, 0.717) is 25.0 Å². The first-order valence-corrected chi connectivity index (χ1v) is 10.6. The average Bonchev–Trinajstić information content (AvgIpc) is 3.09. The van der Waals surface area contributed by atoms with Crippen molar-refractivity contribution in [2.45, 2.75) is 26.3 Å². The number of aryl methyl sites for hydroxylation is 1. The minimum atomic E-state index is 0.112. The zero-order valence-electron chi connectivity index (χ0n) is 17.6. The van der Waals surface area contributed by atoms with Crippen LogP contribution in [0.4, 0.5) is 0 Å². The molecule has 0 aliphatic carbocycles. The van der Waals surface area contributed by atoms with Crippen LogP contribution in [0.25, 0.3) is 0 Å². The zero-order valence-corrected chi connectivity index (χ0v) is 18.4. The lowest BCUT2D eigenvalue weighted by molar-refractivity contribution is -0.130. The molecular formula is C24H31ClN2O2. The number of benzene rings is 2. The predicted molar refractivity (Wildman–Crippen MR) is 118 cm³/mol. The van der Waals surface area contributed by atoms with Gasteiger partial charge in [0, 0.05) is 57.7 Å². The Bertz CT molecular complexity index is 792. The lowest BCUT2D eigenvalue weighted by Crippen LogP contribution is -2.38.